The number of aromatic nitrogens is 11. The molecule has 0 amide bonds. The van der Waals surface area contributed by atoms with Gasteiger partial charge in [-0.3, -0.25) is 34.5 Å². The van der Waals surface area contributed by atoms with Crippen molar-refractivity contribution in [1.29, 1.82) is 0 Å². The van der Waals surface area contributed by atoms with Gasteiger partial charge < -0.3 is 48.0 Å². The highest BCUT2D eigenvalue weighted by Gasteiger charge is 2.31. The zero-order valence-electron chi connectivity index (χ0n) is 64.9. The molecule has 20 heteroatoms. The van der Waals surface area contributed by atoms with E-state index in [0.29, 0.717) is 25.6 Å². The first-order chi connectivity index (χ1) is 48.4. The molecule has 3 N–H and O–H groups in total. The summed E-state index contributed by atoms with van der Waals surface area (Å²) in [6, 6.07) is 22.3. The first kappa shape index (κ1) is 98.5. The molecule has 9 rings (SSSR count). The number of carboxylic acids is 2. The SMILES string of the molecule is CCC1COC(C)(C)O1.CCCC(=O)O.CCCCC(=O)O.CCCOC.CCCOCCOC.CCCc1cccnc1.CCCc1ccncc1.CCCn1ccnc1.CCc1ccccn1.CCc1cccnc1.CCc1ccncc1.CCc1cnc[nH]1.CCc1cncn1C. The van der Waals surface area contributed by atoms with E-state index in [4.69, 9.17) is 33.9 Å². The number of nitrogens with zero attached hydrogens (tertiary/aromatic N) is 10. The predicted octanol–water partition coefficient (Wildman–Crippen LogP) is 18.0. The van der Waals surface area contributed by atoms with Crippen LogP contribution in [0.4, 0.5) is 0 Å². The Morgan fingerprint density at radius 1 is 0.530 bits per heavy atom. The number of pyridine rings is 5. The lowest BCUT2D eigenvalue weighted by Crippen LogP contribution is -2.21. The molecule has 1 aliphatic heterocycles. The molecule has 0 saturated carbocycles. The number of H-pyrrole nitrogens is 1. The third-order valence-electron chi connectivity index (χ3n) is 13.1. The zero-order chi connectivity index (χ0) is 75.4. The van der Waals surface area contributed by atoms with Crippen LogP contribution >= 0.6 is 0 Å². The van der Waals surface area contributed by atoms with Crippen molar-refractivity contribution in [3.05, 3.63) is 206 Å². The van der Waals surface area contributed by atoms with Crippen LogP contribution in [0.3, 0.4) is 0 Å². The molecular formula is C80H133N11O9. The summed E-state index contributed by atoms with van der Waals surface area (Å²) < 4.78 is 29.4. The van der Waals surface area contributed by atoms with Crippen molar-refractivity contribution in [2.75, 3.05) is 47.3 Å². The number of aromatic amines is 1. The molecule has 8 aromatic rings. The summed E-state index contributed by atoms with van der Waals surface area (Å²) in [7, 11) is 5.39. The molecule has 0 radical (unpaired) electrons. The summed E-state index contributed by atoms with van der Waals surface area (Å²) in [5.41, 5.74) is 9.00. The number of nitrogens with one attached hydrogen (secondary N) is 1. The summed E-state index contributed by atoms with van der Waals surface area (Å²) in [5.74, 6) is -1.74. The Morgan fingerprint density at radius 2 is 1.13 bits per heavy atom. The fraction of sp³-hybridized carbons (Fsp3) is 0.550. The number of rotatable bonds is 24. The molecule has 9 heterocycles. The highest BCUT2D eigenvalue weighted by molar-refractivity contribution is 5.66. The van der Waals surface area contributed by atoms with Crippen LogP contribution in [-0.2, 0) is 91.8 Å². The van der Waals surface area contributed by atoms with Crippen LogP contribution in [0.2, 0.25) is 0 Å². The van der Waals surface area contributed by atoms with Crippen LogP contribution in [0.15, 0.2) is 166 Å². The molecule has 20 nitrogen and oxygen atoms in total. The van der Waals surface area contributed by atoms with Crippen molar-refractivity contribution in [1.82, 2.24) is 54.0 Å². The summed E-state index contributed by atoms with van der Waals surface area (Å²) >= 11 is 0. The number of imidazole rings is 3. The van der Waals surface area contributed by atoms with E-state index >= 15 is 0 Å². The Labute approximate surface area is 604 Å². The second-order valence-corrected chi connectivity index (χ2v) is 22.5. The van der Waals surface area contributed by atoms with Gasteiger partial charge in [0.2, 0.25) is 0 Å². The van der Waals surface area contributed by atoms with Crippen molar-refractivity contribution in [2.24, 2.45) is 7.05 Å². The van der Waals surface area contributed by atoms with Crippen molar-refractivity contribution in [2.45, 2.75) is 238 Å². The lowest BCUT2D eigenvalue weighted by molar-refractivity contribution is -0.138. The van der Waals surface area contributed by atoms with Crippen molar-refractivity contribution < 1.29 is 43.5 Å². The van der Waals surface area contributed by atoms with Crippen LogP contribution in [0.25, 0.3) is 0 Å². The highest BCUT2D eigenvalue weighted by atomic mass is 16.7. The van der Waals surface area contributed by atoms with E-state index in [-0.39, 0.29) is 5.79 Å². The van der Waals surface area contributed by atoms with Crippen LogP contribution in [0.1, 0.15) is 214 Å². The second kappa shape index (κ2) is 75.3. The normalized spacial score (nSPS) is 11.4. The maximum atomic E-state index is 9.76. The Kier molecular flexibility index (Phi) is 74.2. The van der Waals surface area contributed by atoms with Gasteiger partial charge in [-0.05, 0) is 168 Å². The van der Waals surface area contributed by atoms with Crippen LogP contribution in [0, 0.1) is 0 Å². The molecule has 0 spiro atoms. The van der Waals surface area contributed by atoms with E-state index in [9.17, 15) is 9.59 Å². The summed E-state index contributed by atoms with van der Waals surface area (Å²) in [6.45, 7) is 36.1. The van der Waals surface area contributed by atoms with Gasteiger partial charge in [-0.1, -0.05) is 127 Å². The van der Waals surface area contributed by atoms with Gasteiger partial charge in [0.1, 0.15) is 0 Å². The van der Waals surface area contributed by atoms with Crippen LogP contribution in [-0.4, -0.2) is 135 Å². The molecule has 1 saturated heterocycles. The third-order valence-corrected chi connectivity index (χ3v) is 13.1. The average molecular weight is 1390 g/mol. The first-order valence-electron chi connectivity index (χ1n) is 36.0. The predicted molar refractivity (Wildman–Crippen MR) is 410 cm³/mol. The van der Waals surface area contributed by atoms with Gasteiger partial charge >= 0.3 is 11.9 Å². The minimum absolute atomic E-state index is 0.292. The van der Waals surface area contributed by atoms with Gasteiger partial charge in [-0.15, -0.1) is 0 Å². The van der Waals surface area contributed by atoms with Gasteiger partial charge in [0, 0.05) is 152 Å². The molecule has 1 atom stereocenters. The molecule has 562 valence electrons. The maximum absolute atomic E-state index is 9.76. The lowest BCUT2D eigenvalue weighted by atomic mass is 10.2. The van der Waals surface area contributed by atoms with E-state index in [1.807, 2.05) is 156 Å². The number of hydrogen-bond donors (Lipinski definition) is 3. The van der Waals surface area contributed by atoms with E-state index in [1.165, 1.54) is 59.3 Å². The topological polar surface area (TPSA) is 250 Å². The zero-order valence-corrected chi connectivity index (χ0v) is 64.9. The van der Waals surface area contributed by atoms with Gasteiger partial charge in [-0.2, -0.15) is 0 Å². The van der Waals surface area contributed by atoms with Crippen molar-refractivity contribution in [3.8, 4) is 0 Å². The molecule has 8 aromatic heterocycles. The minimum atomic E-state index is -0.711. The number of ether oxygens (including phenoxy) is 5. The second-order valence-electron chi connectivity index (χ2n) is 22.5. The van der Waals surface area contributed by atoms with E-state index in [1.54, 1.807) is 39.1 Å². The summed E-state index contributed by atoms with van der Waals surface area (Å²) in [4.78, 5) is 53.9. The van der Waals surface area contributed by atoms with Gasteiger partial charge in [-0.25, -0.2) is 15.0 Å². The van der Waals surface area contributed by atoms with Crippen molar-refractivity contribution >= 4 is 11.9 Å². The first-order valence-corrected chi connectivity index (χ1v) is 36.0. The van der Waals surface area contributed by atoms with Crippen molar-refractivity contribution in [3.63, 3.8) is 0 Å². The van der Waals surface area contributed by atoms with E-state index < -0.39 is 11.9 Å². The van der Waals surface area contributed by atoms with Gasteiger partial charge in [0.05, 0.1) is 44.9 Å². The molecule has 0 aromatic carbocycles. The summed E-state index contributed by atoms with van der Waals surface area (Å²) in [5, 5.41) is 16.0. The monoisotopic (exact) mass is 1390 g/mol. The minimum Gasteiger partial charge on any atom is -0.481 e. The molecule has 1 fully saturated rings. The largest absolute Gasteiger partial charge is 0.481 e. The maximum Gasteiger partial charge on any atom is 0.303 e. The van der Waals surface area contributed by atoms with E-state index in [0.717, 1.165) is 116 Å². The number of carboxylic acid groups (broad SMARTS) is 2. The Hall–Kier alpha value is -7.88. The fourth-order valence-corrected chi connectivity index (χ4v) is 7.49. The molecular weight excluding hydrogens is 1260 g/mol. The number of carbonyl (C=O) groups is 2. The number of aliphatic carboxylic acids is 2. The highest BCUT2D eigenvalue weighted by Crippen LogP contribution is 2.23. The number of methoxy groups -OCH3 is 2. The lowest BCUT2D eigenvalue weighted by Gasteiger charge is -2.16. The standard InChI is InChI=1S/2C8H11N.3C7H9N.C7H14O2.2C6H10N2.C6H14O2.C5H8N2.C5H10O2.C4H8O2.C4H10O/c1-2-4-8-5-3-6-9-7-8;1-2-3-8-4-6-9-7-5-8;1-2-7-3-5-8-6-4-7;1-2-7-4-3-5-8-6-7;1-2-7-5-3-4-6-8-7;1-4-6-5-8-7(2,3)9-6;1-3-6-4-7-5-8(6)2;1-2-4-8-5-3-7-6-8;1-3-4-8-6-5-7-2;1-2-5-3-6-4-7-5;1-2-3-4-5(6)7;1-2-3-4(5)6;1-3-4-5-2/h3,5-7H,2,4H2,1H3;4-7H,2-3H2,1H3;3*3-6H,2H2,1H3;6H,4-5H2,1-3H3;4-5H,3H2,1-2H3;3,5-6H,2,4H2,1H3;3-6H2,1-2H3;3-4H,2H2,1H3,(H,6,7);2-4H2,1H3,(H,6,7);2-3H2,1H3,(H,5,6);3-4H2,1-2H3. The van der Waals surface area contributed by atoms with E-state index in [2.05, 4.69) is 150 Å². The fourth-order valence-electron chi connectivity index (χ4n) is 7.49. The smallest absolute Gasteiger partial charge is 0.303 e. The molecule has 1 unspecified atom stereocenters. The summed E-state index contributed by atoms with van der Waals surface area (Å²) in [6.07, 6.45) is 47.3. The number of aryl methyl sites for hydroxylation is 9. The molecule has 1 aliphatic rings. The molecule has 0 aliphatic carbocycles. The number of unbranched alkanes of at least 4 members (excludes halogenated alkanes) is 1. The third kappa shape index (κ3) is 68.6. The van der Waals surface area contributed by atoms with Crippen LogP contribution in [0.5, 0.6) is 0 Å². The average Bonchev–Trinajstić information content (AvgIpc) is 1.75. The Bertz CT molecular complexity index is 2700. The van der Waals surface area contributed by atoms with Crippen LogP contribution < -0.4 is 0 Å². The molecule has 100 heavy (non-hydrogen) atoms. The quantitative estimate of drug-likeness (QED) is 0.0476. The molecule has 0 bridgehead atoms. The Balaban J connectivity index is -0.000000500. The Morgan fingerprint density at radius 3 is 1.43 bits per heavy atom. The van der Waals surface area contributed by atoms with Gasteiger partial charge in [0.15, 0.2) is 5.79 Å². The van der Waals surface area contributed by atoms with Gasteiger partial charge in [0.25, 0.3) is 0 Å². The number of hydrogen-bond acceptors (Lipinski definition) is 15.